The first-order chi connectivity index (χ1) is 13.6. The molecule has 140 valence electrons. The maximum Gasteiger partial charge on any atom is 0.274 e. The first-order valence-electron chi connectivity index (χ1n) is 9.36. The Hall–Kier alpha value is -3.47. The number of hydrogen-bond acceptors (Lipinski definition) is 3. The van der Waals surface area contributed by atoms with Crippen molar-refractivity contribution in [3.8, 4) is 0 Å². The van der Waals surface area contributed by atoms with Crippen LogP contribution in [-0.2, 0) is 6.42 Å². The fourth-order valence-electron chi connectivity index (χ4n) is 3.51. The molecule has 2 aromatic carbocycles. The van der Waals surface area contributed by atoms with Crippen LogP contribution < -0.4 is 10.2 Å². The maximum absolute atomic E-state index is 13.1. The van der Waals surface area contributed by atoms with Gasteiger partial charge in [0.2, 0.25) is 0 Å². The molecular weight excluding hydrogens is 350 g/mol. The third kappa shape index (κ3) is 3.64. The molecule has 28 heavy (non-hydrogen) atoms. The van der Waals surface area contributed by atoms with E-state index in [0.29, 0.717) is 17.8 Å². The molecule has 4 rings (SSSR count). The number of amides is 2. The first kappa shape index (κ1) is 17.9. The predicted molar refractivity (Wildman–Crippen MR) is 110 cm³/mol. The summed E-state index contributed by atoms with van der Waals surface area (Å²) in [6.45, 7) is 2.63. The number of anilines is 2. The minimum absolute atomic E-state index is 0.112. The van der Waals surface area contributed by atoms with Gasteiger partial charge in [-0.2, -0.15) is 0 Å². The number of pyridine rings is 1. The Morgan fingerprint density at radius 2 is 1.89 bits per heavy atom. The summed E-state index contributed by atoms with van der Waals surface area (Å²) in [5, 5.41) is 2.83. The second-order valence-corrected chi connectivity index (χ2v) is 6.94. The third-order valence-electron chi connectivity index (χ3n) is 4.87. The summed E-state index contributed by atoms with van der Waals surface area (Å²) >= 11 is 0. The number of nitrogens with one attached hydrogen (secondary N) is 1. The SMILES string of the molecule is Cc1cccc(NC(=O)c2cc(C(=O)N3CCCc4ccccc43)ccn2)c1. The van der Waals surface area contributed by atoms with E-state index in [1.807, 2.05) is 49.4 Å². The Balaban J connectivity index is 1.57. The summed E-state index contributed by atoms with van der Waals surface area (Å²) in [5.74, 6) is -0.446. The van der Waals surface area contributed by atoms with Crippen LogP contribution in [0.5, 0.6) is 0 Å². The molecule has 0 spiro atoms. The smallest absolute Gasteiger partial charge is 0.274 e. The van der Waals surface area contributed by atoms with E-state index in [9.17, 15) is 9.59 Å². The van der Waals surface area contributed by atoms with E-state index in [0.717, 1.165) is 24.1 Å². The van der Waals surface area contributed by atoms with Gasteiger partial charge in [-0.05, 0) is 61.2 Å². The molecular formula is C23H21N3O2. The molecule has 0 saturated heterocycles. The van der Waals surface area contributed by atoms with E-state index in [2.05, 4.69) is 16.4 Å². The normalized spacial score (nSPS) is 13.0. The lowest BCUT2D eigenvalue weighted by molar-refractivity contribution is 0.0985. The van der Waals surface area contributed by atoms with E-state index in [1.165, 1.54) is 11.8 Å². The van der Waals surface area contributed by atoms with Gasteiger partial charge in [-0.25, -0.2) is 0 Å². The summed E-state index contributed by atoms with van der Waals surface area (Å²) in [7, 11) is 0. The molecule has 0 radical (unpaired) electrons. The highest BCUT2D eigenvalue weighted by atomic mass is 16.2. The lowest BCUT2D eigenvalue weighted by Crippen LogP contribution is -2.35. The van der Waals surface area contributed by atoms with Crippen LogP contribution in [-0.4, -0.2) is 23.3 Å². The molecule has 0 bridgehead atoms. The number of carbonyl (C=O) groups excluding carboxylic acids is 2. The molecule has 2 amide bonds. The molecule has 0 aliphatic carbocycles. The standard InChI is InChI=1S/C23H21N3O2/c1-16-6-4-9-19(14-16)25-22(27)20-15-18(11-12-24-20)23(28)26-13-5-8-17-7-2-3-10-21(17)26/h2-4,6-7,9-12,14-15H,5,8,13H2,1H3,(H,25,27). The Morgan fingerprint density at radius 1 is 1.04 bits per heavy atom. The Kier molecular flexibility index (Phi) is 4.89. The van der Waals surface area contributed by atoms with Gasteiger partial charge < -0.3 is 10.2 Å². The Morgan fingerprint density at radius 3 is 2.75 bits per heavy atom. The molecule has 0 atom stereocenters. The van der Waals surface area contributed by atoms with E-state index >= 15 is 0 Å². The van der Waals surface area contributed by atoms with E-state index in [4.69, 9.17) is 0 Å². The molecule has 0 unspecified atom stereocenters. The van der Waals surface area contributed by atoms with Crippen molar-refractivity contribution in [2.75, 3.05) is 16.8 Å². The Labute approximate surface area is 164 Å². The van der Waals surface area contributed by atoms with Crippen molar-refractivity contribution >= 4 is 23.2 Å². The molecule has 0 fully saturated rings. The monoisotopic (exact) mass is 371 g/mol. The van der Waals surface area contributed by atoms with Gasteiger partial charge >= 0.3 is 0 Å². The molecule has 1 aliphatic rings. The van der Waals surface area contributed by atoms with Crippen molar-refractivity contribution < 1.29 is 9.59 Å². The highest BCUT2D eigenvalue weighted by Gasteiger charge is 2.24. The van der Waals surface area contributed by atoms with Crippen molar-refractivity contribution in [2.45, 2.75) is 19.8 Å². The quantitative estimate of drug-likeness (QED) is 0.749. The van der Waals surface area contributed by atoms with Gasteiger partial charge in [-0.1, -0.05) is 30.3 Å². The fourth-order valence-corrected chi connectivity index (χ4v) is 3.51. The lowest BCUT2D eigenvalue weighted by atomic mass is 10.0. The summed E-state index contributed by atoms with van der Waals surface area (Å²) < 4.78 is 0. The zero-order valence-corrected chi connectivity index (χ0v) is 15.7. The van der Waals surface area contributed by atoms with Gasteiger partial charge in [0.05, 0.1) is 0 Å². The van der Waals surface area contributed by atoms with Crippen LogP contribution in [0.1, 0.15) is 38.4 Å². The largest absolute Gasteiger partial charge is 0.321 e. The van der Waals surface area contributed by atoms with Crippen LogP contribution in [0.15, 0.2) is 66.9 Å². The number of carbonyl (C=O) groups is 2. The molecule has 3 aromatic rings. The molecule has 1 aliphatic heterocycles. The molecule has 2 heterocycles. The second kappa shape index (κ2) is 7.64. The summed E-state index contributed by atoms with van der Waals surface area (Å²) in [6, 6.07) is 18.7. The van der Waals surface area contributed by atoms with Gasteiger partial charge in [0, 0.05) is 29.7 Å². The average molecular weight is 371 g/mol. The van der Waals surface area contributed by atoms with Crippen molar-refractivity contribution in [2.24, 2.45) is 0 Å². The molecule has 0 saturated carbocycles. The van der Waals surface area contributed by atoms with Crippen LogP contribution in [0.4, 0.5) is 11.4 Å². The van der Waals surface area contributed by atoms with Crippen LogP contribution in [0.25, 0.3) is 0 Å². The van der Waals surface area contributed by atoms with Crippen LogP contribution in [0, 0.1) is 6.92 Å². The minimum Gasteiger partial charge on any atom is -0.321 e. The third-order valence-corrected chi connectivity index (χ3v) is 4.87. The molecule has 5 nitrogen and oxygen atoms in total. The van der Waals surface area contributed by atoms with Gasteiger partial charge in [0.1, 0.15) is 5.69 Å². The van der Waals surface area contributed by atoms with Crippen LogP contribution in [0.2, 0.25) is 0 Å². The van der Waals surface area contributed by atoms with Crippen LogP contribution >= 0.6 is 0 Å². The number of aryl methyl sites for hydroxylation is 2. The lowest BCUT2D eigenvalue weighted by Gasteiger charge is -2.29. The summed E-state index contributed by atoms with van der Waals surface area (Å²) in [6.07, 6.45) is 3.41. The second-order valence-electron chi connectivity index (χ2n) is 6.94. The number of nitrogens with zero attached hydrogens (tertiary/aromatic N) is 2. The van der Waals surface area contributed by atoms with Crippen molar-refractivity contribution in [1.82, 2.24) is 4.98 Å². The number of rotatable bonds is 3. The highest BCUT2D eigenvalue weighted by molar-refractivity contribution is 6.09. The number of para-hydroxylation sites is 1. The molecule has 1 N–H and O–H groups in total. The van der Waals surface area contributed by atoms with E-state index < -0.39 is 0 Å². The van der Waals surface area contributed by atoms with Gasteiger partial charge in [-0.15, -0.1) is 0 Å². The number of benzene rings is 2. The zero-order valence-electron chi connectivity index (χ0n) is 15.7. The van der Waals surface area contributed by atoms with Gasteiger partial charge in [-0.3, -0.25) is 14.6 Å². The predicted octanol–water partition coefficient (Wildman–Crippen LogP) is 4.24. The molecule has 1 aromatic heterocycles. The van der Waals surface area contributed by atoms with Crippen LogP contribution in [0.3, 0.4) is 0 Å². The number of hydrogen-bond donors (Lipinski definition) is 1. The number of aromatic nitrogens is 1. The van der Waals surface area contributed by atoms with E-state index in [1.54, 1.807) is 17.0 Å². The number of fused-ring (bicyclic) bond motifs is 1. The van der Waals surface area contributed by atoms with Gasteiger partial charge in [0.25, 0.3) is 11.8 Å². The van der Waals surface area contributed by atoms with Crippen molar-refractivity contribution in [3.63, 3.8) is 0 Å². The fraction of sp³-hybridized carbons (Fsp3) is 0.174. The average Bonchev–Trinajstić information content (AvgIpc) is 2.73. The first-order valence-corrected chi connectivity index (χ1v) is 9.36. The maximum atomic E-state index is 13.1. The Bertz CT molecular complexity index is 1050. The summed E-state index contributed by atoms with van der Waals surface area (Å²) in [4.78, 5) is 31.6. The van der Waals surface area contributed by atoms with Crippen molar-refractivity contribution in [1.29, 1.82) is 0 Å². The van der Waals surface area contributed by atoms with Gasteiger partial charge in [0.15, 0.2) is 0 Å². The molecule has 5 heteroatoms. The highest BCUT2D eigenvalue weighted by Crippen LogP contribution is 2.28. The van der Waals surface area contributed by atoms with E-state index in [-0.39, 0.29) is 17.5 Å². The minimum atomic E-state index is -0.334. The summed E-state index contributed by atoms with van der Waals surface area (Å²) in [5.41, 5.74) is 4.56. The zero-order chi connectivity index (χ0) is 19.5. The van der Waals surface area contributed by atoms with Crippen molar-refractivity contribution in [3.05, 3.63) is 89.2 Å². The topological polar surface area (TPSA) is 62.3 Å².